The summed E-state index contributed by atoms with van der Waals surface area (Å²) in [5.41, 5.74) is 0. The van der Waals surface area contributed by atoms with Crippen LogP contribution in [0.1, 0.15) is 18.8 Å². The highest BCUT2D eigenvalue weighted by Gasteiger charge is 2.14. The molecule has 0 aromatic carbocycles. The third-order valence-electron chi connectivity index (χ3n) is 2.29. The van der Waals surface area contributed by atoms with E-state index < -0.39 is 5.82 Å². The zero-order chi connectivity index (χ0) is 12.4. The molecule has 5 nitrogen and oxygen atoms in total. The highest BCUT2D eigenvalue weighted by molar-refractivity contribution is 6.30. The van der Waals surface area contributed by atoms with Gasteiger partial charge in [-0.05, 0) is 13.0 Å². The molecule has 2 aromatic rings. The summed E-state index contributed by atoms with van der Waals surface area (Å²) < 4.78 is 15.3. The van der Waals surface area contributed by atoms with Crippen LogP contribution in [0.3, 0.4) is 0 Å². The van der Waals surface area contributed by atoms with Crippen molar-refractivity contribution in [1.82, 2.24) is 19.7 Å². The van der Waals surface area contributed by atoms with Crippen molar-refractivity contribution in [3.05, 3.63) is 35.3 Å². The lowest BCUT2D eigenvalue weighted by Crippen LogP contribution is -2.13. The second kappa shape index (κ2) is 4.67. The van der Waals surface area contributed by atoms with Gasteiger partial charge in [-0.2, -0.15) is 0 Å². The summed E-state index contributed by atoms with van der Waals surface area (Å²) >= 11 is 5.62. The van der Waals surface area contributed by atoms with Crippen molar-refractivity contribution in [2.45, 2.75) is 13.0 Å². The zero-order valence-electron chi connectivity index (χ0n) is 9.35. The lowest BCUT2D eigenvalue weighted by Gasteiger charge is -2.13. The molecule has 2 aromatic heterocycles. The van der Waals surface area contributed by atoms with E-state index in [0.29, 0.717) is 5.82 Å². The van der Waals surface area contributed by atoms with Crippen molar-refractivity contribution < 1.29 is 4.39 Å². The lowest BCUT2D eigenvalue weighted by atomic mass is 10.3. The van der Waals surface area contributed by atoms with E-state index in [9.17, 15) is 4.39 Å². The number of nitrogens with zero attached hydrogens (tertiary/aromatic N) is 4. The molecule has 2 rings (SSSR count). The average molecular weight is 256 g/mol. The van der Waals surface area contributed by atoms with Gasteiger partial charge in [0.25, 0.3) is 0 Å². The fourth-order valence-corrected chi connectivity index (χ4v) is 1.62. The van der Waals surface area contributed by atoms with Gasteiger partial charge in [0, 0.05) is 13.2 Å². The summed E-state index contributed by atoms with van der Waals surface area (Å²) in [7, 11) is 1.82. The first-order valence-corrected chi connectivity index (χ1v) is 5.37. The van der Waals surface area contributed by atoms with E-state index >= 15 is 0 Å². The maximum absolute atomic E-state index is 13.5. The number of aromatic nitrogens is 4. The normalized spacial score (nSPS) is 12.5. The van der Waals surface area contributed by atoms with Crippen molar-refractivity contribution in [3.63, 3.8) is 0 Å². The number of aryl methyl sites for hydroxylation is 1. The summed E-state index contributed by atoms with van der Waals surface area (Å²) in [4.78, 5) is 3.88. The Morgan fingerprint density at radius 3 is 2.88 bits per heavy atom. The minimum absolute atomic E-state index is 0.143. The van der Waals surface area contributed by atoms with Gasteiger partial charge < -0.3 is 9.88 Å². The van der Waals surface area contributed by atoms with Gasteiger partial charge in [0.15, 0.2) is 17.5 Å². The minimum atomic E-state index is -0.494. The van der Waals surface area contributed by atoms with Crippen molar-refractivity contribution in [2.24, 2.45) is 7.05 Å². The number of pyridine rings is 1. The summed E-state index contributed by atoms with van der Waals surface area (Å²) in [5, 5.41) is 10.9. The first-order chi connectivity index (χ1) is 8.08. The number of hydrogen-bond acceptors (Lipinski definition) is 4. The van der Waals surface area contributed by atoms with E-state index in [0.717, 1.165) is 0 Å². The fourth-order valence-electron chi connectivity index (χ4n) is 1.47. The second-order valence-corrected chi connectivity index (χ2v) is 4.09. The Labute approximate surface area is 103 Å². The van der Waals surface area contributed by atoms with Gasteiger partial charge in [-0.15, -0.1) is 10.2 Å². The molecule has 1 unspecified atom stereocenters. The summed E-state index contributed by atoms with van der Waals surface area (Å²) in [5.74, 6) is 0.345. The van der Waals surface area contributed by atoms with E-state index in [2.05, 4.69) is 20.5 Å². The van der Waals surface area contributed by atoms with Crippen molar-refractivity contribution in [3.8, 4) is 0 Å². The third-order valence-corrected chi connectivity index (χ3v) is 2.50. The van der Waals surface area contributed by atoms with Gasteiger partial charge in [0.1, 0.15) is 6.33 Å². The largest absolute Gasteiger partial charge is 0.358 e. The monoisotopic (exact) mass is 255 g/mol. The standard InChI is InChI=1S/C10H11ClFN5/c1-6(10-16-14-5-17(10)2)15-9-8(12)3-7(11)4-13-9/h3-6H,1-2H3,(H,13,15). The predicted octanol–water partition coefficient (Wildman–Crippen LogP) is 2.18. The minimum Gasteiger partial charge on any atom is -0.358 e. The first-order valence-electron chi connectivity index (χ1n) is 4.99. The molecule has 0 radical (unpaired) electrons. The van der Waals surface area contributed by atoms with Gasteiger partial charge in [0.05, 0.1) is 11.1 Å². The topological polar surface area (TPSA) is 55.6 Å². The molecule has 7 heteroatoms. The predicted molar refractivity (Wildman–Crippen MR) is 62.2 cm³/mol. The van der Waals surface area contributed by atoms with E-state index in [-0.39, 0.29) is 16.9 Å². The molecule has 0 aliphatic rings. The van der Waals surface area contributed by atoms with Crippen LogP contribution in [0.5, 0.6) is 0 Å². The molecule has 0 aliphatic heterocycles. The van der Waals surface area contributed by atoms with E-state index in [1.165, 1.54) is 12.3 Å². The quantitative estimate of drug-likeness (QED) is 0.913. The van der Waals surface area contributed by atoms with Gasteiger partial charge in [-0.1, -0.05) is 11.6 Å². The Morgan fingerprint density at radius 2 is 2.29 bits per heavy atom. The molecular weight excluding hydrogens is 245 g/mol. The number of rotatable bonds is 3. The van der Waals surface area contributed by atoms with Crippen LogP contribution < -0.4 is 5.32 Å². The maximum Gasteiger partial charge on any atom is 0.166 e. The van der Waals surface area contributed by atoms with Gasteiger partial charge in [-0.3, -0.25) is 0 Å². The van der Waals surface area contributed by atoms with Gasteiger partial charge in [-0.25, -0.2) is 9.37 Å². The molecule has 0 saturated carbocycles. The van der Waals surface area contributed by atoms with Crippen LogP contribution in [-0.4, -0.2) is 19.7 Å². The number of nitrogens with one attached hydrogen (secondary N) is 1. The van der Waals surface area contributed by atoms with E-state index in [1.54, 1.807) is 10.9 Å². The summed E-state index contributed by atoms with van der Waals surface area (Å²) in [6.07, 6.45) is 2.97. The number of anilines is 1. The molecule has 1 N–H and O–H groups in total. The third kappa shape index (κ3) is 2.52. The average Bonchev–Trinajstić information content (AvgIpc) is 2.68. The number of halogens is 2. The lowest BCUT2D eigenvalue weighted by molar-refractivity contribution is 0.617. The first kappa shape index (κ1) is 11.8. The van der Waals surface area contributed by atoms with Gasteiger partial charge >= 0.3 is 0 Å². The number of hydrogen-bond donors (Lipinski definition) is 1. The molecule has 1 atom stereocenters. The van der Waals surface area contributed by atoms with E-state index in [1.807, 2.05) is 14.0 Å². The molecule has 0 saturated heterocycles. The molecule has 17 heavy (non-hydrogen) atoms. The Morgan fingerprint density at radius 1 is 1.53 bits per heavy atom. The van der Waals surface area contributed by atoms with Crippen LogP contribution in [0, 0.1) is 5.82 Å². The SMILES string of the molecule is CC(Nc1ncc(Cl)cc1F)c1nncn1C. The Hall–Kier alpha value is -1.69. The molecule has 90 valence electrons. The molecule has 0 spiro atoms. The van der Waals surface area contributed by atoms with Crippen molar-refractivity contribution in [2.75, 3.05) is 5.32 Å². The second-order valence-electron chi connectivity index (χ2n) is 3.65. The van der Waals surface area contributed by atoms with Crippen LogP contribution in [0.2, 0.25) is 5.02 Å². The van der Waals surface area contributed by atoms with Crippen molar-refractivity contribution >= 4 is 17.4 Å². The Bertz CT molecular complexity index is 527. The van der Waals surface area contributed by atoms with Gasteiger partial charge in [0.2, 0.25) is 0 Å². The molecule has 0 amide bonds. The fraction of sp³-hybridized carbons (Fsp3) is 0.300. The highest BCUT2D eigenvalue weighted by Crippen LogP contribution is 2.20. The van der Waals surface area contributed by atoms with Crippen molar-refractivity contribution in [1.29, 1.82) is 0 Å². The van der Waals surface area contributed by atoms with Crippen LogP contribution in [0.25, 0.3) is 0 Å². The van der Waals surface area contributed by atoms with Crippen LogP contribution >= 0.6 is 11.6 Å². The zero-order valence-corrected chi connectivity index (χ0v) is 10.1. The Balaban J connectivity index is 2.19. The molecule has 0 aliphatic carbocycles. The molecule has 2 heterocycles. The summed E-state index contributed by atoms with van der Waals surface area (Å²) in [6.45, 7) is 1.85. The smallest absolute Gasteiger partial charge is 0.166 e. The van der Waals surface area contributed by atoms with Crippen LogP contribution in [0.15, 0.2) is 18.6 Å². The van der Waals surface area contributed by atoms with Crippen LogP contribution in [-0.2, 0) is 7.05 Å². The molecule has 0 bridgehead atoms. The van der Waals surface area contributed by atoms with Crippen LogP contribution in [0.4, 0.5) is 10.2 Å². The molecule has 0 fully saturated rings. The summed E-state index contributed by atoms with van der Waals surface area (Å²) in [6, 6.07) is 1.01. The Kier molecular flexibility index (Phi) is 3.23. The van der Waals surface area contributed by atoms with E-state index in [4.69, 9.17) is 11.6 Å². The maximum atomic E-state index is 13.5. The highest BCUT2D eigenvalue weighted by atomic mass is 35.5. The molecular formula is C10H11ClFN5.